The molecule has 4 rings (SSSR count). The van der Waals surface area contributed by atoms with Gasteiger partial charge in [-0.05, 0) is 74.2 Å². The van der Waals surface area contributed by atoms with Gasteiger partial charge in [-0.25, -0.2) is 0 Å². The summed E-state index contributed by atoms with van der Waals surface area (Å²) in [5, 5.41) is 0. The number of ketones is 1. The van der Waals surface area contributed by atoms with Crippen molar-refractivity contribution < 1.29 is 33.2 Å². The molecule has 46 heavy (non-hydrogen) atoms. The fraction of sp³-hybridized carbons (Fsp3) is 0.359. The lowest BCUT2D eigenvalue weighted by molar-refractivity contribution is -0.275. The summed E-state index contributed by atoms with van der Waals surface area (Å²) < 4.78 is 36.8. The van der Waals surface area contributed by atoms with Gasteiger partial charge in [0.1, 0.15) is 24.7 Å². The van der Waals surface area contributed by atoms with Crippen LogP contribution in [0.3, 0.4) is 0 Å². The van der Waals surface area contributed by atoms with Gasteiger partial charge in [0, 0.05) is 39.3 Å². The predicted molar refractivity (Wildman–Crippen MR) is 179 cm³/mol. The van der Waals surface area contributed by atoms with Crippen LogP contribution in [0.1, 0.15) is 49.9 Å². The van der Waals surface area contributed by atoms with Crippen molar-refractivity contribution >= 4 is 5.78 Å². The van der Waals surface area contributed by atoms with Gasteiger partial charge < -0.3 is 28.4 Å². The van der Waals surface area contributed by atoms with Gasteiger partial charge in [0.15, 0.2) is 0 Å². The molecule has 0 N–H and O–H groups in total. The number of carbonyl (C=O) groups is 1. The Morgan fingerprint density at radius 1 is 0.457 bits per heavy atom. The highest BCUT2D eigenvalue weighted by molar-refractivity contribution is 5.93. The molecule has 0 radical (unpaired) electrons. The Morgan fingerprint density at radius 2 is 0.783 bits per heavy atom. The van der Waals surface area contributed by atoms with Crippen molar-refractivity contribution in [3.05, 3.63) is 131 Å². The summed E-state index contributed by atoms with van der Waals surface area (Å²) in [5.41, 5.74) is 3.87. The minimum Gasteiger partial charge on any atom is -0.489 e. The fourth-order valence-electron chi connectivity index (χ4n) is 5.36. The molecule has 0 unspecified atom stereocenters. The molecular weight excluding hydrogens is 580 g/mol. The van der Waals surface area contributed by atoms with Crippen LogP contribution < -0.4 is 9.47 Å². The van der Waals surface area contributed by atoms with Crippen molar-refractivity contribution in [2.45, 2.75) is 65.3 Å². The molecule has 0 aliphatic carbocycles. The largest absolute Gasteiger partial charge is 0.489 e. The summed E-state index contributed by atoms with van der Waals surface area (Å²) in [6, 6.07) is 35.3. The molecular formula is C39H46O7. The summed E-state index contributed by atoms with van der Waals surface area (Å²) >= 11 is 0. The van der Waals surface area contributed by atoms with Crippen LogP contribution in [0.4, 0.5) is 0 Å². The van der Waals surface area contributed by atoms with Crippen LogP contribution in [0.2, 0.25) is 0 Å². The van der Waals surface area contributed by atoms with Crippen LogP contribution in [0.5, 0.6) is 11.5 Å². The van der Waals surface area contributed by atoms with E-state index in [1.54, 1.807) is 0 Å². The molecule has 0 aliphatic heterocycles. The third-order valence-corrected chi connectivity index (χ3v) is 7.42. The Labute approximate surface area is 273 Å². The van der Waals surface area contributed by atoms with Gasteiger partial charge in [-0.15, -0.1) is 0 Å². The van der Waals surface area contributed by atoms with Crippen LogP contribution in [0.25, 0.3) is 0 Å². The molecule has 0 atom stereocenters. The smallest absolute Gasteiger partial charge is 0.251 e. The lowest BCUT2D eigenvalue weighted by Gasteiger charge is -2.40. The van der Waals surface area contributed by atoms with E-state index in [4.69, 9.17) is 28.4 Å². The highest BCUT2D eigenvalue weighted by Gasteiger charge is 2.54. The number of Topliss-reactive ketones (excluding diaryl/α,β-unsaturated/α-hetero) is 1. The second kappa shape index (κ2) is 17.6. The predicted octanol–water partition coefficient (Wildman–Crippen LogP) is 7.74. The van der Waals surface area contributed by atoms with Crippen LogP contribution in [0, 0.1) is 0 Å². The van der Waals surface area contributed by atoms with Crippen LogP contribution in [-0.2, 0) is 49.8 Å². The van der Waals surface area contributed by atoms with E-state index in [1.807, 2.05) is 137 Å². The zero-order valence-corrected chi connectivity index (χ0v) is 27.4. The molecule has 244 valence electrons. The number of ether oxygens (including phenoxy) is 6. The van der Waals surface area contributed by atoms with E-state index < -0.39 is 17.4 Å². The van der Waals surface area contributed by atoms with E-state index in [0.29, 0.717) is 13.2 Å². The molecule has 0 fully saturated rings. The molecule has 4 aromatic rings. The zero-order valence-electron chi connectivity index (χ0n) is 27.4. The molecule has 0 aromatic heterocycles. The van der Waals surface area contributed by atoms with E-state index >= 15 is 0 Å². The molecule has 0 heterocycles. The molecule has 0 aliphatic rings. The van der Waals surface area contributed by atoms with E-state index in [2.05, 4.69) is 0 Å². The molecule has 4 aromatic carbocycles. The van der Waals surface area contributed by atoms with Gasteiger partial charge in [0.2, 0.25) is 11.6 Å². The van der Waals surface area contributed by atoms with Crippen molar-refractivity contribution in [2.75, 3.05) is 26.4 Å². The number of hydrogen-bond donors (Lipinski definition) is 0. The Kier molecular flexibility index (Phi) is 13.4. The van der Waals surface area contributed by atoms with Gasteiger partial charge in [-0.1, -0.05) is 84.9 Å². The quantitative estimate of drug-likeness (QED) is 0.0930. The van der Waals surface area contributed by atoms with Gasteiger partial charge in [-0.3, -0.25) is 4.79 Å². The first-order valence-electron chi connectivity index (χ1n) is 16.1. The van der Waals surface area contributed by atoms with E-state index in [0.717, 1.165) is 33.8 Å². The van der Waals surface area contributed by atoms with Gasteiger partial charge in [0.25, 0.3) is 5.78 Å². The number of carbonyl (C=O) groups excluding carboxylic acids is 1. The molecule has 0 spiro atoms. The van der Waals surface area contributed by atoms with Crippen LogP contribution in [0.15, 0.2) is 109 Å². The zero-order chi connectivity index (χ0) is 32.7. The second-order valence-electron chi connectivity index (χ2n) is 10.8. The average Bonchev–Trinajstić information content (AvgIpc) is 3.08. The summed E-state index contributed by atoms with van der Waals surface area (Å²) in [4.78, 5) is 14.8. The normalized spacial score (nSPS) is 11.7. The van der Waals surface area contributed by atoms with Crippen LogP contribution in [-0.4, -0.2) is 43.8 Å². The topological polar surface area (TPSA) is 72.5 Å². The van der Waals surface area contributed by atoms with Crippen molar-refractivity contribution in [1.82, 2.24) is 0 Å². The number of benzene rings is 4. The Bertz CT molecular complexity index is 1310. The van der Waals surface area contributed by atoms with Crippen molar-refractivity contribution in [1.29, 1.82) is 0 Å². The highest BCUT2D eigenvalue weighted by atomic mass is 16.7. The standard InChI is InChI=1S/C39H46O7/c1-5-43-38(44-6-2,27-31-19-23-35(24-20-31)41-29-33-15-11-9-12-16-33)37(40)39(45-7-3,46-8-4)28-32-21-25-36(26-22-32)42-30-34-17-13-10-14-18-34/h9-26H,5-8,27-30H2,1-4H3. The molecule has 7 nitrogen and oxygen atoms in total. The summed E-state index contributed by atoms with van der Waals surface area (Å²) in [7, 11) is 0. The van der Waals surface area contributed by atoms with Crippen LogP contribution >= 0.6 is 0 Å². The number of rotatable bonds is 20. The average molecular weight is 627 g/mol. The van der Waals surface area contributed by atoms with Gasteiger partial charge in [0.05, 0.1) is 0 Å². The number of hydrogen-bond acceptors (Lipinski definition) is 7. The molecule has 0 amide bonds. The minimum atomic E-state index is -1.64. The first-order valence-corrected chi connectivity index (χ1v) is 16.1. The minimum absolute atomic E-state index is 0.167. The second-order valence-corrected chi connectivity index (χ2v) is 10.8. The molecule has 0 bridgehead atoms. The highest BCUT2D eigenvalue weighted by Crippen LogP contribution is 2.33. The van der Waals surface area contributed by atoms with Crippen molar-refractivity contribution in [2.24, 2.45) is 0 Å². The van der Waals surface area contributed by atoms with Crippen molar-refractivity contribution in [3.8, 4) is 11.5 Å². The fourth-order valence-corrected chi connectivity index (χ4v) is 5.36. The Balaban J connectivity index is 1.55. The summed E-state index contributed by atoms with van der Waals surface area (Å²) in [6.07, 6.45) is 0.335. The Morgan fingerprint density at radius 3 is 1.09 bits per heavy atom. The third-order valence-electron chi connectivity index (χ3n) is 7.42. The first-order chi connectivity index (χ1) is 22.5. The third kappa shape index (κ3) is 9.50. The van der Waals surface area contributed by atoms with E-state index in [9.17, 15) is 4.79 Å². The lowest BCUT2D eigenvalue weighted by atomic mass is 9.91. The van der Waals surface area contributed by atoms with Gasteiger partial charge >= 0.3 is 0 Å². The summed E-state index contributed by atoms with van der Waals surface area (Å²) in [6.45, 7) is 9.34. The maximum absolute atomic E-state index is 14.8. The molecule has 7 heteroatoms. The maximum Gasteiger partial charge on any atom is 0.251 e. The van der Waals surface area contributed by atoms with E-state index in [-0.39, 0.29) is 39.3 Å². The molecule has 0 saturated heterocycles. The maximum atomic E-state index is 14.8. The van der Waals surface area contributed by atoms with Crippen molar-refractivity contribution in [3.63, 3.8) is 0 Å². The van der Waals surface area contributed by atoms with Gasteiger partial charge in [-0.2, -0.15) is 0 Å². The Hall–Kier alpha value is -4.01. The summed E-state index contributed by atoms with van der Waals surface area (Å²) in [5.74, 6) is -2.24. The van der Waals surface area contributed by atoms with E-state index in [1.165, 1.54) is 0 Å². The SMILES string of the molecule is CCOC(Cc1ccc(OCc2ccccc2)cc1)(OCC)C(=O)C(Cc1ccc(OCc2ccccc2)cc1)(OCC)OCC. The molecule has 0 saturated carbocycles. The monoisotopic (exact) mass is 626 g/mol. The lowest BCUT2D eigenvalue weighted by Crippen LogP contribution is -2.60. The first kappa shape index (κ1) is 34.9.